The van der Waals surface area contributed by atoms with Crippen LogP contribution in [0.3, 0.4) is 0 Å². The quantitative estimate of drug-likeness (QED) is 0.561. The van der Waals surface area contributed by atoms with Crippen LogP contribution in [0.2, 0.25) is 0 Å². The van der Waals surface area contributed by atoms with Crippen molar-refractivity contribution in [3.05, 3.63) is 60.2 Å². The maximum Gasteiger partial charge on any atom is 0.305 e. The number of esters is 1. The Balaban J connectivity index is 1.88. The first-order valence-electron chi connectivity index (χ1n) is 8.39. The Morgan fingerprint density at radius 3 is 2.35 bits per heavy atom. The summed E-state index contributed by atoms with van der Waals surface area (Å²) in [5, 5.41) is 2.82. The second-order valence-electron chi connectivity index (χ2n) is 6.08. The van der Waals surface area contributed by atoms with E-state index >= 15 is 0 Å². The number of nitrogens with two attached hydrogens (primary N) is 1. The fraction of sp³-hybridized carbons (Fsp3) is 0.300. The van der Waals surface area contributed by atoms with E-state index in [0.29, 0.717) is 30.9 Å². The third-order valence-electron chi connectivity index (χ3n) is 3.98. The van der Waals surface area contributed by atoms with E-state index in [4.69, 9.17) is 10.5 Å². The van der Waals surface area contributed by atoms with Gasteiger partial charge in [-0.3, -0.25) is 9.59 Å². The number of methoxy groups -OCH3 is 1. The number of nitrogens with one attached hydrogen (secondary N) is 1. The lowest BCUT2D eigenvalue weighted by Crippen LogP contribution is -2.45. The topological polar surface area (TPSA) is 90.6 Å². The van der Waals surface area contributed by atoms with Gasteiger partial charge in [-0.1, -0.05) is 30.3 Å². The van der Waals surface area contributed by atoms with Gasteiger partial charge in [-0.15, -0.1) is 0 Å². The molecule has 0 bridgehead atoms. The van der Waals surface area contributed by atoms with E-state index in [1.54, 1.807) is 31.2 Å². The highest BCUT2D eigenvalue weighted by Crippen LogP contribution is 2.21. The van der Waals surface area contributed by atoms with E-state index in [9.17, 15) is 9.59 Å². The average molecular weight is 356 g/mol. The molecule has 6 heteroatoms. The molecule has 2 rings (SSSR count). The maximum absolute atomic E-state index is 12.5. The van der Waals surface area contributed by atoms with Crippen molar-refractivity contribution < 1.29 is 19.1 Å². The Bertz CT molecular complexity index is 727. The minimum absolute atomic E-state index is 0.255. The van der Waals surface area contributed by atoms with Gasteiger partial charge >= 0.3 is 5.97 Å². The van der Waals surface area contributed by atoms with Crippen molar-refractivity contribution in [3.8, 4) is 5.75 Å². The summed E-state index contributed by atoms with van der Waals surface area (Å²) in [4.78, 5) is 23.5. The molecular formula is C20H24N2O4. The standard InChI is InChI=1S/C20H24N2O4/c1-20(21,15-7-4-3-5-8-15)19(24)22-16-10-12-17(13-11-16)26-14-6-9-18(23)25-2/h3-5,7-8,10-13H,6,9,14,21H2,1-2H3,(H,22,24). The van der Waals surface area contributed by atoms with Gasteiger partial charge < -0.3 is 20.5 Å². The van der Waals surface area contributed by atoms with Crippen LogP contribution in [-0.2, 0) is 19.9 Å². The molecule has 0 heterocycles. The van der Waals surface area contributed by atoms with Gasteiger partial charge in [0, 0.05) is 12.1 Å². The summed E-state index contributed by atoms with van der Waals surface area (Å²) in [6, 6.07) is 16.2. The van der Waals surface area contributed by atoms with E-state index in [0.717, 1.165) is 5.56 Å². The first-order chi connectivity index (χ1) is 12.4. The van der Waals surface area contributed by atoms with Crippen molar-refractivity contribution in [3.63, 3.8) is 0 Å². The minimum Gasteiger partial charge on any atom is -0.494 e. The predicted molar refractivity (Wildman–Crippen MR) is 99.8 cm³/mol. The SMILES string of the molecule is COC(=O)CCCOc1ccc(NC(=O)C(C)(N)c2ccccc2)cc1. The summed E-state index contributed by atoms with van der Waals surface area (Å²) in [7, 11) is 1.36. The van der Waals surface area contributed by atoms with Gasteiger partial charge in [0.2, 0.25) is 5.91 Å². The Labute approximate surface area is 153 Å². The highest BCUT2D eigenvalue weighted by Gasteiger charge is 2.30. The van der Waals surface area contributed by atoms with Crippen molar-refractivity contribution >= 4 is 17.6 Å². The molecule has 3 N–H and O–H groups in total. The summed E-state index contributed by atoms with van der Waals surface area (Å²) in [5.41, 5.74) is 6.44. The summed E-state index contributed by atoms with van der Waals surface area (Å²) >= 11 is 0. The number of hydrogen-bond acceptors (Lipinski definition) is 5. The first kappa shape index (κ1) is 19.5. The van der Waals surface area contributed by atoms with E-state index in [-0.39, 0.29) is 11.9 Å². The monoisotopic (exact) mass is 356 g/mol. The first-order valence-corrected chi connectivity index (χ1v) is 8.39. The zero-order chi connectivity index (χ0) is 19.0. The number of hydrogen-bond donors (Lipinski definition) is 2. The van der Waals surface area contributed by atoms with Gasteiger partial charge in [0.25, 0.3) is 0 Å². The molecule has 0 saturated carbocycles. The Hall–Kier alpha value is -2.86. The summed E-state index contributed by atoms with van der Waals surface area (Å²) in [5.74, 6) is 0.108. The number of amides is 1. The van der Waals surface area contributed by atoms with Crippen LogP contribution in [0, 0.1) is 0 Å². The van der Waals surface area contributed by atoms with E-state index in [1.807, 2.05) is 30.3 Å². The van der Waals surface area contributed by atoms with Crippen LogP contribution in [0.25, 0.3) is 0 Å². The molecule has 1 unspecified atom stereocenters. The summed E-state index contributed by atoms with van der Waals surface area (Å²) in [6.45, 7) is 2.09. The fourth-order valence-electron chi connectivity index (χ4n) is 2.32. The van der Waals surface area contributed by atoms with Crippen molar-refractivity contribution in [1.29, 1.82) is 0 Å². The predicted octanol–water partition coefficient (Wildman–Crippen LogP) is 2.83. The highest BCUT2D eigenvalue weighted by atomic mass is 16.5. The number of carbonyl (C=O) groups is 2. The number of carbonyl (C=O) groups excluding carboxylic acids is 2. The van der Waals surface area contributed by atoms with Crippen molar-refractivity contribution in [2.24, 2.45) is 5.73 Å². The van der Waals surface area contributed by atoms with Gasteiger partial charge in [-0.05, 0) is 43.2 Å². The molecule has 0 aliphatic rings. The highest BCUT2D eigenvalue weighted by molar-refractivity contribution is 5.98. The van der Waals surface area contributed by atoms with Crippen LogP contribution < -0.4 is 15.8 Å². The normalized spacial score (nSPS) is 12.7. The van der Waals surface area contributed by atoms with Crippen LogP contribution in [0.15, 0.2) is 54.6 Å². The van der Waals surface area contributed by atoms with Crippen molar-refractivity contribution in [2.75, 3.05) is 19.0 Å². The lowest BCUT2D eigenvalue weighted by molar-refractivity contribution is -0.140. The smallest absolute Gasteiger partial charge is 0.305 e. The molecule has 6 nitrogen and oxygen atoms in total. The van der Waals surface area contributed by atoms with Gasteiger partial charge in [0.1, 0.15) is 11.3 Å². The number of benzene rings is 2. The molecule has 0 aromatic heterocycles. The van der Waals surface area contributed by atoms with Crippen LogP contribution in [0.4, 0.5) is 5.69 Å². The number of rotatable bonds is 8. The molecule has 2 aromatic carbocycles. The number of ether oxygens (including phenoxy) is 2. The number of anilines is 1. The second kappa shape index (κ2) is 9.01. The van der Waals surface area contributed by atoms with Gasteiger partial charge in [0.05, 0.1) is 13.7 Å². The molecule has 1 amide bonds. The molecule has 0 spiro atoms. The Kier molecular flexibility index (Phi) is 6.74. The molecule has 0 saturated heterocycles. The van der Waals surface area contributed by atoms with Crippen molar-refractivity contribution in [2.45, 2.75) is 25.3 Å². The van der Waals surface area contributed by atoms with E-state index in [1.165, 1.54) is 7.11 Å². The molecule has 0 radical (unpaired) electrons. The van der Waals surface area contributed by atoms with E-state index in [2.05, 4.69) is 10.1 Å². The lowest BCUT2D eigenvalue weighted by atomic mass is 9.92. The molecule has 0 aliphatic carbocycles. The lowest BCUT2D eigenvalue weighted by Gasteiger charge is -2.24. The Morgan fingerprint density at radius 1 is 1.08 bits per heavy atom. The van der Waals surface area contributed by atoms with Crippen LogP contribution in [0.5, 0.6) is 5.75 Å². The van der Waals surface area contributed by atoms with Crippen LogP contribution in [0.1, 0.15) is 25.3 Å². The zero-order valence-corrected chi connectivity index (χ0v) is 15.0. The van der Waals surface area contributed by atoms with Crippen LogP contribution in [-0.4, -0.2) is 25.6 Å². The molecule has 26 heavy (non-hydrogen) atoms. The minimum atomic E-state index is -1.13. The third-order valence-corrected chi connectivity index (χ3v) is 3.98. The molecule has 1 atom stereocenters. The van der Waals surface area contributed by atoms with Gasteiger partial charge in [-0.2, -0.15) is 0 Å². The van der Waals surface area contributed by atoms with Crippen molar-refractivity contribution in [1.82, 2.24) is 0 Å². The molecule has 138 valence electrons. The zero-order valence-electron chi connectivity index (χ0n) is 15.0. The molecule has 2 aromatic rings. The molecular weight excluding hydrogens is 332 g/mol. The summed E-state index contributed by atoms with van der Waals surface area (Å²) < 4.78 is 10.1. The summed E-state index contributed by atoms with van der Waals surface area (Å²) in [6.07, 6.45) is 0.896. The fourth-order valence-corrected chi connectivity index (χ4v) is 2.32. The van der Waals surface area contributed by atoms with E-state index < -0.39 is 5.54 Å². The molecule has 0 fully saturated rings. The largest absolute Gasteiger partial charge is 0.494 e. The maximum atomic E-state index is 12.5. The van der Waals surface area contributed by atoms with Crippen LogP contribution >= 0.6 is 0 Å². The third kappa shape index (κ3) is 5.32. The Morgan fingerprint density at radius 2 is 1.73 bits per heavy atom. The van der Waals surface area contributed by atoms with Gasteiger partial charge in [-0.25, -0.2) is 0 Å². The van der Waals surface area contributed by atoms with Gasteiger partial charge in [0.15, 0.2) is 0 Å². The second-order valence-corrected chi connectivity index (χ2v) is 6.08. The molecule has 0 aliphatic heterocycles. The average Bonchev–Trinajstić information content (AvgIpc) is 2.66.